The Hall–Kier alpha value is -3.50. The highest BCUT2D eigenvalue weighted by Crippen LogP contribution is 2.24. The van der Waals surface area contributed by atoms with E-state index < -0.39 is 0 Å². The van der Waals surface area contributed by atoms with Gasteiger partial charge in [-0.25, -0.2) is 19.6 Å². The highest BCUT2D eigenvalue weighted by molar-refractivity contribution is 7.98. The predicted molar refractivity (Wildman–Crippen MR) is 138 cm³/mol. The summed E-state index contributed by atoms with van der Waals surface area (Å²) in [4.78, 5) is 30.7. The first-order chi connectivity index (χ1) is 17.2. The topological polar surface area (TPSA) is 92.1 Å². The summed E-state index contributed by atoms with van der Waals surface area (Å²) in [6.07, 6.45) is 7.04. The number of benzene rings is 1. The van der Waals surface area contributed by atoms with Crippen LogP contribution in [0.5, 0.6) is 0 Å². The van der Waals surface area contributed by atoms with Crippen LogP contribution in [-0.2, 0) is 13.1 Å². The molecule has 1 aromatic carbocycles. The third-order valence-corrected chi connectivity index (χ3v) is 6.86. The molecular formula is C25H28N8OS. The molecule has 1 amide bonds. The summed E-state index contributed by atoms with van der Waals surface area (Å²) in [5, 5.41) is 9.16. The van der Waals surface area contributed by atoms with E-state index in [-0.39, 0.29) is 5.91 Å². The van der Waals surface area contributed by atoms with E-state index in [0.717, 1.165) is 54.6 Å². The minimum Gasteiger partial charge on any atom is -0.353 e. The number of piperazine rings is 1. The number of thioether (sulfide) groups is 1. The number of carbonyl (C=O) groups is 1. The van der Waals surface area contributed by atoms with Crippen molar-refractivity contribution in [1.82, 2.24) is 34.9 Å². The van der Waals surface area contributed by atoms with E-state index >= 15 is 0 Å². The molecule has 35 heavy (non-hydrogen) atoms. The second-order valence-corrected chi connectivity index (χ2v) is 9.16. The molecule has 0 saturated carbocycles. The molecule has 3 aromatic heterocycles. The maximum atomic E-state index is 12.6. The van der Waals surface area contributed by atoms with Gasteiger partial charge in [-0.2, -0.15) is 5.10 Å². The summed E-state index contributed by atoms with van der Waals surface area (Å²) < 4.78 is 1.82. The Morgan fingerprint density at radius 1 is 1.03 bits per heavy atom. The molecule has 5 rings (SSSR count). The van der Waals surface area contributed by atoms with Crippen LogP contribution in [0.2, 0.25) is 0 Å². The summed E-state index contributed by atoms with van der Waals surface area (Å²) in [6, 6.07) is 14.1. The van der Waals surface area contributed by atoms with Crippen LogP contribution in [0.15, 0.2) is 66.2 Å². The van der Waals surface area contributed by atoms with Crippen molar-refractivity contribution >= 4 is 34.5 Å². The van der Waals surface area contributed by atoms with Gasteiger partial charge >= 0.3 is 0 Å². The lowest BCUT2D eigenvalue weighted by molar-refractivity contribution is 0.0948. The summed E-state index contributed by atoms with van der Waals surface area (Å²) in [5.74, 6) is 0.784. The SMILES string of the molecule is CSc1ncccc1C(=O)NCCn1ncc2c(N3CCN(Cc4ccccc4)CC3)ncnc21. The van der Waals surface area contributed by atoms with Gasteiger partial charge in [-0.05, 0) is 24.0 Å². The highest BCUT2D eigenvalue weighted by atomic mass is 32.2. The van der Waals surface area contributed by atoms with E-state index in [9.17, 15) is 4.79 Å². The van der Waals surface area contributed by atoms with Crippen LogP contribution in [0, 0.1) is 0 Å². The lowest BCUT2D eigenvalue weighted by Gasteiger charge is -2.35. The zero-order valence-electron chi connectivity index (χ0n) is 19.7. The van der Waals surface area contributed by atoms with Gasteiger partial charge in [-0.3, -0.25) is 9.69 Å². The van der Waals surface area contributed by atoms with Crippen molar-refractivity contribution in [2.75, 3.05) is 43.9 Å². The number of anilines is 1. The summed E-state index contributed by atoms with van der Waals surface area (Å²) in [7, 11) is 0. The lowest BCUT2D eigenvalue weighted by Crippen LogP contribution is -2.46. The van der Waals surface area contributed by atoms with Crippen LogP contribution in [-0.4, -0.2) is 74.5 Å². The molecule has 10 heteroatoms. The molecule has 1 fully saturated rings. The maximum absolute atomic E-state index is 12.6. The quantitative estimate of drug-likeness (QED) is 0.379. The molecule has 0 radical (unpaired) electrons. The third kappa shape index (κ3) is 5.28. The second-order valence-electron chi connectivity index (χ2n) is 8.37. The molecule has 1 aliphatic rings. The number of rotatable bonds is 8. The molecule has 0 aliphatic carbocycles. The lowest BCUT2D eigenvalue weighted by atomic mass is 10.2. The Labute approximate surface area is 208 Å². The second kappa shape index (κ2) is 10.8. The minimum absolute atomic E-state index is 0.136. The number of nitrogens with zero attached hydrogens (tertiary/aromatic N) is 7. The third-order valence-electron chi connectivity index (χ3n) is 6.15. The van der Waals surface area contributed by atoms with Crippen LogP contribution < -0.4 is 10.2 Å². The van der Waals surface area contributed by atoms with Gasteiger partial charge < -0.3 is 10.2 Å². The van der Waals surface area contributed by atoms with Gasteiger partial charge in [0.2, 0.25) is 0 Å². The van der Waals surface area contributed by atoms with Crippen LogP contribution in [0.1, 0.15) is 15.9 Å². The molecule has 1 aliphatic heterocycles. The number of hydrogen-bond donors (Lipinski definition) is 1. The molecule has 9 nitrogen and oxygen atoms in total. The van der Waals surface area contributed by atoms with Crippen LogP contribution >= 0.6 is 11.8 Å². The van der Waals surface area contributed by atoms with Gasteiger partial charge in [-0.1, -0.05) is 30.3 Å². The van der Waals surface area contributed by atoms with Crippen molar-refractivity contribution < 1.29 is 4.79 Å². The molecule has 4 aromatic rings. The number of fused-ring (bicyclic) bond motifs is 1. The van der Waals surface area contributed by atoms with E-state index in [4.69, 9.17) is 0 Å². The largest absolute Gasteiger partial charge is 0.353 e. The van der Waals surface area contributed by atoms with E-state index in [1.807, 2.05) is 17.1 Å². The smallest absolute Gasteiger partial charge is 0.254 e. The first-order valence-corrected chi connectivity index (χ1v) is 12.9. The molecule has 1 saturated heterocycles. The Bertz CT molecular complexity index is 1290. The van der Waals surface area contributed by atoms with Gasteiger partial charge in [0.05, 0.1) is 23.7 Å². The van der Waals surface area contributed by atoms with Crippen LogP contribution in [0.3, 0.4) is 0 Å². The predicted octanol–water partition coefficient (Wildman–Crippen LogP) is 2.70. The van der Waals surface area contributed by atoms with Crippen molar-refractivity contribution in [2.24, 2.45) is 0 Å². The number of carbonyl (C=O) groups excluding carboxylic acids is 1. The van der Waals surface area contributed by atoms with Crippen LogP contribution in [0.25, 0.3) is 11.0 Å². The first-order valence-electron chi connectivity index (χ1n) is 11.7. The molecule has 180 valence electrons. The average molecular weight is 489 g/mol. The van der Waals surface area contributed by atoms with Gasteiger partial charge in [0.1, 0.15) is 17.2 Å². The fourth-order valence-electron chi connectivity index (χ4n) is 4.35. The zero-order chi connectivity index (χ0) is 24.0. The Balaban J connectivity index is 1.20. The monoisotopic (exact) mass is 488 g/mol. The summed E-state index contributed by atoms with van der Waals surface area (Å²) >= 11 is 1.46. The average Bonchev–Trinajstić information content (AvgIpc) is 3.33. The molecular weight excluding hydrogens is 460 g/mol. The number of hydrogen-bond acceptors (Lipinski definition) is 8. The minimum atomic E-state index is -0.136. The first kappa shape index (κ1) is 23.3. The van der Waals surface area contributed by atoms with E-state index in [1.54, 1.807) is 24.7 Å². The van der Waals surface area contributed by atoms with Gasteiger partial charge in [0, 0.05) is 45.5 Å². The van der Waals surface area contributed by atoms with Crippen molar-refractivity contribution in [1.29, 1.82) is 0 Å². The molecule has 0 spiro atoms. The molecule has 1 N–H and O–H groups in total. The number of nitrogens with one attached hydrogen (secondary N) is 1. The fraction of sp³-hybridized carbons (Fsp3) is 0.320. The molecule has 0 unspecified atom stereocenters. The number of amides is 1. The summed E-state index contributed by atoms with van der Waals surface area (Å²) in [5.41, 5.74) is 2.70. The zero-order valence-corrected chi connectivity index (χ0v) is 20.5. The van der Waals surface area contributed by atoms with Gasteiger partial charge in [0.25, 0.3) is 5.91 Å². The molecule has 0 atom stereocenters. The number of pyridine rings is 1. The Kier molecular flexibility index (Phi) is 7.20. The van der Waals surface area contributed by atoms with E-state index in [0.29, 0.717) is 18.7 Å². The van der Waals surface area contributed by atoms with Gasteiger partial charge in [0.15, 0.2) is 5.65 Å². The van der Waals surface area contributed by atoms with Crippen LogP contribution in [0.4, 0.5) is 5.82 Å². The summed E-state index contributed by atoms with van der Waals surface area (Å²) in [6.45, 7) is 5.70. The van der Waals surface area contributed by atoms with Crippen molar-refractivity contribution in [2.45, 2.75) is 18.1 Å². The maximum Gasteiger partial charge on any atom is 0.254 e. The normalized spacial score (nSPS) is 14.4. The molecule has 0 bridgehead atoms. The van der Waals surface area contributed by atoms with Crippen molar-refractivity contribution in [3.05, 3.63) is 72.3 Å². The highest BCUT2D eigenvalue weighted by Gasteiger charge is 2.21. The van der Waals surface area contributed by atoms with Crippen molar-refractivity contribution in [3.8, 4) is 0 Å². The van der Waals surface area contributed by atoms with E-state index in [1.165, 1.54) is 17.3 Å². The Morgan fingerprint density at radius 2 is 1.86 bits per heavy atom. The number of aromatic nitrogens is 5. The standard InChI is InChI=1S/C25H28N8OS/c1-35-25-20(8-5-9-27-25)24(34)26-10-11-33-23-21(16-30-33)22(28-18-29-23)32-14-12-31(13-15-32)17-19-6-3-2-4-7-19/h2-9,16,18H,10-15,17H2,1H3,(H,26,34). The van der Waals surface area contributed by atoms with Gasteiger partial charge in [-0.15, -0.1) is 11.8 Å². The Morgan fingerprint density at radius 3 is 2.66 bits per heavy atom. The molecule has 4 heterocycles. The van der Waals surface area contributed by atoms with Crippen molar-refractivity contribution in [3.63, 3.8) is 0 Å². The fourth-order valence-corrected chi connectivity index (χ4v) is 4.90. The van der Waals surface area contributed by atoms with E-state index in [2.05, 4.69) is 65.5 Å².